The zero-order chi connectivity index (χ0) is 32.9. The summed E-state index contributed by atoms with van der Waals surface area (Å²) < 4.78 is 1.34. The molecule has 236 valence electrons. The van der Waals surface area contributed by atoms with Crippen molar-refractivity contribution < 1.29 is 0 Å². The van der Waals surface area contributed by atoms with Crippen LogP contribution in [0.2, 0.25) is 0 Å². The number of nitrogens with zero attached hydrogens (tertiary/aromatic N) is 4. The normalized spacial score (nSPS) is 16.9. The Kier molecular flexibility index (Phi) is 7.28. The number of anilines is 1. The van der Waals surface area contributed by atoms with E-state index in [9.17, 15) is 0 Å². The van der Waals surface area contributed by atoms with Crippen molar-refractivity contribution in [2.45, 2.75) is 19.4 Å². The van der Waals surface area contributed by atoms with Crippen molar-refractivity contribution in [2.24, 2.45) is 5.92 Å². The second kappa shape index (κ2) is 12.1. The van der Waals surface area contributed by atoms with E-state index in [1.807, 2.05) is 60.1 Å². The van der Waals surface area contributed by atoms with Crippen molar-refractivity contribution in [2.75, 3.05) is 11.9 Å². The number of allylic oxidation sites excluding steroid dienone is 4. The molecule has 49 heavy (non-hydrogen) atoms. The van der Waals surface area contributed by atoms with Crippen LogP contribution in [0, 0.1) is 5.92 Å². The van der Waals surface area contributed by atoms with E-state index in [2.05, 4.69) is 126 Å². The summed E-state index contributed by atoms with van der Waals surface area (Å²) in [7, 11) is 2.26. The highest BCUT2D eigenvalue weighted by Crippen LogP contribution is 2.53. The molecule has 1 aliphatic carbocycles. The van der Waals surface area contributed by atoms with Crippen LogP contribution in [0.5, 0.6) is 0 Å². The summed E-state index contributed by atoms with van der Waals surface area (Å²) in [6.07, 6.45) is 9.39. The molecule has 0 spiro atoms. The van der Waals surface area contributed by atoms with Gasteiger partial charge in [0.15, 0.2) is 0 Å². The van der Waals surface area contributed by atoms with Gasteiger partial charge in [-0.3, -0.25) is 9.97 Å². The average molecular weight is 651 g/mol. The SMILES string of the molecule is CC1C=C(c2cc(-c3ccccn3)nc(-c3ccccn3)c2)C=C(c2ccc3c(c2)N(C)C(c2ccccc2)c2sc4ccccc4c2-3)C1. The number of hydrogen-bond donors (Lipinski definition) is 0. The number of pyridine rings is 3. The molecular formula is C44H34N4S. The number of thiophene rings is 1. The molecule has 0 saturated carbocycles. The highest BCUT2D eigenvalue weighted by molar-refractivity contribution is 7.19. The van der Waals surface area contributed by atoms with Crippen LogP contribution in [-0.4, -0.2) is 22.0 Å². The van der Waals surface area contributed by atoms with Crippen molar-refractivity contribution in [1.29, 1.82) is 0 Å². The molecule has 3 aromatic carbocycles. The second-order valence-electron chi connectivity index (χ2n) is 13.0. The summed E-state index contributed by atoms with van der Waals surface area (Å²) in [5, 5.41) is 1.34. The molecule has 0 radical (unpaired) electrons. The maximum Gasteiger partial charge on any atom is 0.0900 e. The topological polar surface area (TPSA) is 41.9 Å². The zero-order valence-corrected chi connectivity index (χ0v) is 28.2. The largest absolute Gasteiger partial charge is 0.362 e. The van der Waals surface area contributed by atoms with E-state index in [0.29, 0.717) is 5.92 Å². The minimum atomic E-state index is 0.151. The summed E-state index contributed by atoms with van der Waals surface area (Å²) in [5.41, 5.74) is 13.6. The van der Waals surface area contributed by atoms with Crippen LogP contribution < -0.4 is 4.90 Å². The molecule has 7 aromatic rings. The van der Waals surface area contributed by atoms with E-state index < -0.39 is 0 Å². The molecule has 0 saturated heterocycles. The lowest BCUT2D eigenvalue weighted by Gasteiger charge is -2.37. The van der Waals surface area contributed by atoms with Gasteiger partial charge >= 0.3 is 0 Å². The Morgan fingerprint density at radius 3 is 2.10 bits per heavy atom. The second-order valence-corrected chi connectivity index (χ2v) is 14.1. The van der Waals surface area contributed by atoms with Crippen LogP contribution in [0.25, 0.3) is 55.1 Å². The van der Waals surface area contributed by atoms with Gasteiger partial charge in [0.05, 0.1) is 28.8 Å². The number of aromatic nitrogens is 3. The summed E-state index contributed by atoms with van der Waals surface area (Å²) in [6.45, 7) is 2.31. The summed E-state index contributed by atoms with van der Waals surface area (Å²) >= 11 is 1.92. The van der Waals surface area contributed by atoms with Gasteiger partial charge in [-0.1, -0.05) is 91.9 Å². The van der Waals surface area contributed by atoms with Crippen LogP contribution in [-0.2, 0) is 0 Å². The smallest absolute Gasteiger partial charge is 0.0900 e. The van der Waals surface area contributed by atoms with E-state index in [1.54, 1.807) is 0 Å². The standard InChI is InChI=1S/C44H34N4S/c1-28-22-31(24-32(23-28)33-25-38(36-15-8-10-20-45-36)47-39(26-33)37-16-9-11-21-46-37)30-18-19-34-40(27-30)48(2)43(29-12-4-3-5-13-29)44-42(34)35-14-6-7-17-41(35)49-44/h3-21,23-28,43H,22H2,1-2H3. The molecule has 0 N–H and O–H groups in total. The Morgan fingerprint density at radius 2 is 1.39 bits per heavy atom. The number of fused-ring (bicyclic) bond motifs is 5. The van der Waals surface area contributed by atoms with E-state index >= 15 is 0 Å². The molecule has 9 rings (SSSR count). The molecule has 2 aliphatic rings. The van der Waals surface area contributed by atoms with E-state index in [0.717, 1.165) is 34.8 Å². The summed E-state index contributed by atoms with van der Waals surface area (Å²) in [5.74, 6) is 0.373. The van der Waals surface area contributed by atoms with Gasteiger partial charge in [-0.2, -0.15) is 0 Å². The van der Waals surface area contributed by atoms with Crippen LogP contribution in [0.4, 0.5) is 5.69 Å². The minimum Gasteiger partial charge on any atom is -0.362 e. The molecule has 1 aliphatic heterocycles. The number of rotatable bonds is 5. The van der Waals surface area contributed by atoms with Gasteiger partial charge in [0.1, 0.15) is 0 Å². The van der Waals surface area contributed by atoms with Gasteiger partial charge in [0.2, 0.25) is 0 Å². The predicted molar refractivity (Wildman–Crippen MR) is 204 cm³/mol. The van der Waals surface area contributed by atoms with Crippen molar-refractivity contribution >= 4 is 38.3 Å². The van der Waals surface area contributed by atoms with Crippen LogP contribution >= 0.6 is 11.3 Å². The monoisotopic (exact) mass is 650 g/mol. The maximum absolute atomic E-state index is 5.01. The summed E-state index contributed by atoms with van der Waals surface area (Å²) in [4.78, 5) is 18.2. The van der Waals surface area contributed by atoms with E-state index in [1.165, 1.54) is 54.1 Å². The molecular weight excluding hydrogens is 617 g/mol. The Hall–Kier alpha value is -5.65. The zero-order valence-electron chi connectivity index (χ0n) is 27.4. The predicted octanol–water partition coefficient (Wildman–Crippen LogP) is 11.1. The number of hydrogen-bond acceptors (Lipinski definition) is 5. The highest BCUT2D eigenvalue weighted by Gasteiger charge is 2.33. The van der Waals surface area contributed by atoms with Gasteiger partial charge in [0, 0.05) is 51.2 Å². The molecule has 5 heteroatoms. The van der Waals surface area contributed by atoms with Gasteiger partial charge < -0.3 is 4.90 Å². The molecule has 0 fully saturated rings. The molecule has 0 bridgehead atoms. The van der Waals surface area contributed by atoms with Crippen molar-refractivity contribution in [1.82, 2.24) is 15.0 Å². The summed E-state index contributed by atoms with van der Waals surface area (Å²) in [6, 6.07) is 43.3. The molecule has 5 heterocycles. The third kappa shape index (κ3) is 5.27. The fraction of sp³-hybridized carbons (Fsp3) is 0.114. The Labute approximate surface area is 290 Å². The lowest BCUT2D eigenvalue weighted by Crippen LogP contribution is -2.28. The quantitative estimate of drug-likeness (QED) is 0.186. The fourth-order valence-corrected chi connectivity index (χ4v) is 8.86. The Morgan fingerprint density at radius 1 is 0.694 bits per heavy atom. The third-order valence-corrected chi connectivity index (χ3v) is 11.0. The van der Waals surface area contributed by atoms with Crippen LogP contribution in [0.3, 0.4) is 0 Å². The fourth-order valence-electron chi connectivity index (χ4n) is 7.47. The lowest BCUT2D eigenvalue weighted by molar-refractivity contribution is 0.751. The Balaban J connectivity index is 1.17. The van der Waals surface area contributed by atoms with Gasteiger partial charge in [-0.15, -0.1) is 11.3 Å². The van der Waals surface area contributed by atoms with Crippen molar-refractivity contribution in [3.8, 4) is 33.9 Å². The molecule has 0 amide bonds. The van der Waals surface area contributed by atoms with Gasteiger partial charge in [0.25, 0.3) is 0 Å². The molecule has 2 unspecified atom stereocenters. The van der Waals surface area contributed by atoms with E-state index in [-0.39, 0.29) is 6.04 Å². The molecule has 4 aromatic heterocycles. The molecule has 2 atom stereocenters. The third-order valence-electron chi connectivity index (χ3n) is 9.74. The highest BCUT2D eigenvalue weighted by atomic mass is 32.1. The minimum absolute atomic E-state index is 0.151. The first-order valence-corrected chi connectivity index (χ1v) is 17.6. The van der Waals surface area contributed by atoms with Crippen LogP contribution in [0.15, 0.2) is 146 Å². The average Bonchev–Trinajstić information content (AvgIpc) is 3.55. The maximum atomic E-state index is 5.01. The van der Waals surface area contributed by atoms with Gasteiger partial charge in [-0.05, 0) is 88.7 Å². The molecule has 4 nitrogen and oxygen atoms in total. The first kappa shape index (κ1) is 29.5. The van der Waals surface area contributed by atoms with Crippen LogP contribution in [0.1, 0.15) is 41.0 Å². The van der Waals surface area contributed by atoms with E-state index in [4.69, 9.17) is 4.98 Å². The van der Waals surface area contributed by atoms with Crippen molar-refractivity contribution in [3.63, 3.8) is 0 Å². The Bertz CT molecular complexity index is 2340. The number of benzene rings is 3. The first-order valence-electron chi connectivity index (χ1n) is 16.8. The van der Waals surface area contributed by atoms with Gasteiger partial charge in [-0.25, -0.2) is 4.98 Å². The first-order chi connectivity index (χ1) is 24.1. The lowest BCUT2D eigenvalue weighted by atomic mass is 9.83. The van der Waals surface area contributed by atoms with Crippen molar-refractivity contribution in [3.05, 3.63) is 167 Å².